The Bertz CT molecular complexity index is 778. The Hall–Kier alpha value is -1.87. The molecular formula is C18H17BrN2. The Morgan fingerprint density at radius 2 is 1.76 bits per heavy atom. The zero-order valence-electron chi connectivity index (χ0n) is 12.1. The van der Waals surface area contributed by atoms with E-state index in [1.165, 1.54) is 16.3 Å². The molecule has 1 atom stereocenters. The number of nitrogens with zero attached hydrogens (tertiary/aromatic N) is 1. The van der Waals surface area contributed by atoms with Crippen LogP contribution >= 0.6 is 15.9 Å². The number of aromatic nitrogens is 1. The van der Waals surface area contributed by atoms with Crippen LogP contribution in [0.15, 0.2) is 59.2 Å². The van der Waals surface area contributed by atoms with E-state index in [0.717, 1.165) is 16.0 Å². The fourth-order valence-electron chi connectivity index (χ4n) is 2.62. The van der Waals surface area contributed by atoms with Gasteiger partial charge in [0, 0.05) is 6.04 Å². The molecule has 0 saturated heterocycles. The molecule has 1 aromatic heterocycles. The Morgan fingerprint density at radius 1 is 1.00 bits per heavy atom. The molecule has 1 unspecified atom stereocenters. The number of halogens is 1. The number of rotatable bonds is 3. The first kappa shape index (κ1) is 14.1. The zero-order chi connectivity index (χ0) is 14.8. The molecule has 21 heavy (non-hydrogen) atoms. The van der Waals surface area contributed by atoms with Crippen LogP contribution in [0.25, 0.3) is 10.8 Å². The maximum atomic E-state index is 4.44. The summed E-state index contributed by atoms with van der Waals surface area (Å²) in [6.07, 6.45) is 0. The lowest BCUT2D eigenvalue weighted by Crippen LogP contribution is -2.08. The lowest BCUT2D eigenvalue weighted by molar-refractivity contribution is 0.888. The van der Waals surface area contributed by atoms with Crippen LogP contribution in [0.5, 0.6) is 0 Å². The summed E-state index contributed by atoms with van der Waals surface area (Å²) in [5.74, 6) is 0. The Labute approximate surface area is 133 Å². The number of nitrogens with one attached hydrogen (secondary N) is 1. The summed E-state index contributed by atoms with van der Waals surface area (Å²) in [7, 11) is 0. The van der Waals surface area contributed by atoms with Crippen LogP contribution in [0, 0.1) is 6.92 Å². The number of pyridine rings is 1. The molecule has 0 saturated carbocycles. The van der Waals surface area contributed by atoms with Gasteiger partial charge in [-0.25, -0.2) is 4.98 Å². The van der Waals surface area contributed by atoms with Crippen molar-refractivity contribution < 1.29 is 0 Å². The number of benzene rings is 2. The van der Waals surface area contributed by atoms with Crippen LogP contribution in [0.4, 0.5) is 5.69 Å². The largest absolute Gasteiger partial charge is 0.377 e. The topological polar surface area (TPSA) is 24.9 Å². The molecule has 0 amide bonds. The number of anilines is 1. The first-order valence-electron chi connectivity index (χ1n) is 7.02. The highest BCUT2D eigenvalue weighted by molar-refractivity contribution is 9.10. The Morgan fingerprint density at radius 3 is 2.57 bits per heavy atom. The van der Waals surface area contributed by atoms with E-state index < -0.39 is 0 Å². The van der Waals surface area contributed by atoms with Crippen molar-refractivity contribution in [3.8, 4) is 0 Å². The van der Waals surface area contributed by atoms with Gasteiger partial charge < -0.3 is 5.32 Å². The molecule has 3 aromatic rings. The zero-order valence-corrected chi connectivity index (χ0v) is 13.7. The minimum Gasteiger partial charge on any atom is -0.377 e. The highest BCUT2D eigenvalue weighted by Crippen LogP contribution is 2.28. The van der Waals surface area contributed by atoms with Gasteiger partial charge in [-0.2, -0.15) is 0 Å². The molecule has 0 aliphatic rings. The van der Waals surface area contributed by atoms with Crippen molar-refractivity contribution in [1.29, 1.82) is 0 Å². The van der Waals surface area contributed by atoms with Crippen LogP contribution in [0.1, 0.15) is 24.2 Å². The van der Waals surface area contributed by atoms with Gasteiger partial charge in [-0.15, -0.1) is 0 Å². The molecule has 0 aliphatic heterocycles. The lowest BCUT2D eigenvalue weighted by Gasteiger charge is -2.19. The second-order valence-electron chi connectivity index (χ2n) is 5.20. The van der Waals surface area contributed by atoms with Gasteiger partial charge >= 0.3 is 0 Å². The molecule has 2 aromatic carbocycles. The molecule has 106 valence electrons. The smallest absolute Gasteiger partial charge is 0.106 e. The van der Waals surface area contributed by atoms with E-state index in [9.17, 15) is 0 Å². The van der Waals surface area contributed by atoms with Gasteiger partial charge in [0.25, 0.3) is 0 Å². The molecule has 0 radical (unpaired) electrons. The summed E-state index contributed by atoms with van der Waals surface area (Å²) in [5, 5.41) is 6.13. The molecular weight excluding hydrogens is 324 g/mol. The molecule has 3 rings (SSSR count). The van der Waals surface area contributed by atoms with Crippen LogP contribution in [-0.4, -0.2) is 4.98 Å². The standard InChI is InChI=1S/C18H17BrN2/c1-12(20-17-10-11-18(19)21-13(17)2)15-9-5-7-14-6-3-4-8-16(14)15/h3-12,20H,1-2H3. The van der Waals surface area contributed by atoms with Gasteiger partial charge in [0.1, 0.15) is 4.60 Å². The van der Waals surface area contributed by atoms with Gasteiger partial charge in [0.2, 0.25) is 0 Å². The Balaban J connectivity index is 1.95. The maximum Gasteiger partial charge on any atom is 0.106 e. The lowest BCUT2D eigenvalue weighted by atomic mass is 9.99. The van der Waals surface area contributed by atoms with Gasteiger partial charge in [-0.1, -0.05) is 42.5 Å². The van der Waals surface area contributed by atoms with Crippen LogP contribution in [0.3, 0.4) is 0 Å². The Kier molecular flexibility index (Phi) is 3.93. The van der Waals surface area contributed by atoms with Crippen molar-refractivity contribution >= 4 is 32.4 Å². The third-order valence-electron chi connectivity index (χ3n) is 3.71. The van der Waals surface area contributed by atoms with E-state index in [0.29, 0.717) is 0 Å². The third-order valence-corrected chi connectivity index (χ3v) is 4.16. The minimum atomic E-state index is 0.220. The summed E-state index contributed by atoms with van der Waals surface area (Å²) in [4.78, 5) is 4.44. The van der Waals surface area contributed by atoms with E-state index >= 15 is 0 Å². The average molecular weight is 341 g/mol. The summed E-state index contributed by atoms with van der Waals surface area (Å²) in [6, 6.07) is 19.2. The molecule has 2 nitrogen and oxygen atoms in total. The molecule has 1 N–H and O–H groups in total. The van der Waals surface area contributed by atoms with E-state index in [2.05, 4.69) is 81.7 Å². The molecule has 0 fully saturated rings. The van der Waals surface area contributed by atoms with E-state index in [-0.39, 0.29) is 6.04 Å². The number of aryl methyl sites for hydroxylation is 1. The SMILES string of the molecule is Cc1nc(Br)ccc1NC(C)c1cccc2ccccc12. The molecule has 0 spiro atoms. The normalized spacial score (nSPS) is 12.3. The first-order chi connectivity index (χ1) is 10.1. The van der Waals surface area contributed by atoms with Gasteiger partial charge in [0.05, 0.1) is 11.4 Å². The van der Waals surface area contributed by atoms with Crippen LogP contribution < -0.4 is 5.32 Å². The summed E-state index contributed by atoms with van der Waals surface area (Å²) in [5.41, 5.74) is 3.37. The van der Waals surface area contributed by atoms with E-state index in [4.69, 9.17) is 0 Å². The van der Waals surface area contributed by atoms with Crippen molar-refractivity contribution in [3.63, 3.8) is 0 Å². The van der Waals surface area contributed by atoms with Crippen molar-refractivity contribution in [2.24, 2.45) is 0 Å². The third kappa shape index (κ3) is 2.93. The number of hydrogen-bond donors (Lipinski definition) is 1. The number of hydrogen-bond acceptors (Lipinski definition) is 2. The van der Waals surface area contributed by atoms with Crippen molar-refractivity contribution in [1.82, 2.24) is 4.98 Å². The molecule has 1 heterocycles. The number of fused-ring (bicyclic) bond motifs is 1. The van der Waals surface area contributed by atoms with Gasteiger partial charge in [-0.3, -0.25) is 0 Å². The van der Waals surface area contributed by atoms with Crippen LogP contribution in [-0.2, 0) is 0 Å². The highest BCUT2D eigenvalue weighted by Gasteiger charge is 2.10. The maximum absolute atomic E-state index is 4.44. The van der Waals surface area contributed by atoms with Crippen LogP contribution in [0.2, 0.25) is 0 Å². The summed E-state index contributed by atoms with van der Waals surface area (Å²) < 4.78 is 0.864. The highest BCUT2D eigenvalue weighted by atomic mass is 79.9. The quantitative estimate of drug-likeness (QED) is 0.638. The molecule has 0 aliphatic carbocycles. The molecule has 3 heteroatoms. The van der Waals surface area contributed by atoms with Gasteiger partial charge in [-0.05, 0) is 58.2 Å². The minimum absolute atomic E-state index is 0.220. The monoisotopic (exact) mass is 340 g/mol. The summed E-state index contributed by atoms with van der Waals surface area (Å²) in [6.45, 7) is 4.20. The fraction of sp³-hybridized carbons (Fsp3) is 0.167. The second kappa shape index (κ2) is 5.86. The predicted molar refractivity (Wildman–Crippen MR) is 92.7 cm³/mol. The van der Waals surface area contributed by atoms with E-state index in [1.54, 1.807) is 0 Å². The fourth-order valence-corrected chi connectivity index (χ4v) is 3.02. The van der Waals surface area contributed by atoms with Crippen molar-refractivity contribution in [2.75, 3.05) is 5.32 Å². The predicted octanol–water partition coefficient (Wildman–Crippen LogP) is 5.48. The summed E-state index contributed by atoms with van der Waals surface area (Å²) >= 11 is 3.40. The second-order valence-corrected chi connectivity index (χ2v) is 6.01. The van der Waals surface area contributed by atoms with Gasteiger partial charge in [0.15, 0.2) is 0 Å². The van der Waals surface area contributed by atoms with Crippen molar-refractivity contribution in [3.05, 3.63) is 70.5 Å². The average Bonchev–Trinajstić information content (AvgIpc) is 2.49. The van der Waals surface area contributed by atoms with Crippen molar-refractivity contribution in [2.45, 2.75) is 19.9 Å². The first-order valence-corrected chi connectivity index (χ1v) is 7.82. The molecule has 0 bridgehead atoms. The van der Waals surface area contributed by atoms with E-state index in [1.807, 2.05) is 13.0 Å².